The molecule has 0 aliphatic rings. The second-order valence-corrected chi connectivity index (χ2v) is 8.47. The van der Waals surface area contributed by atoms with Crippen LogP contribution in [0.5, 0.6) is 0 Å². The van der Waals surface area contributed by atoms with Crippen LogP contribution in [0.1, 0.15) is 24.1 Å². The van der Waals surface area contributed by atoms with Gasteiger partial charge in [0.2, 0.25) is 0 Å². The number of hydrogen-bond donors (Lipinski definition) is 1. The van der Waals surface area contributed by atoms with Crippen LogP contribution in [0.3, 0.4) is 0 Å². The molecule has 1 nitrogen and oxygen atoms in total. The van der Waals surface area contributed by atoms with Crippen LogP contribution in [-0.2, 0) is 0 Å². The third-order valence-corrected chi connectivity index (χ3v) is 5.74. The molecular formula is C13H11Br2Cl2NS. The van der Waals surface area contributed by atoms with E-state index in [0.29, 0.717) is 10.0 Å². The first kappa shape index (κ1) is 15.8. The predicted octanol–water partition coefficient (Wildman–Crippen LogP) is 6.28. The molecule has 0 fully saturated rings. The fourth-order valence-electron chi connectivity index (χ4n) is 1.91. The third kappa shape index (κ3) is 3.55. The molecule has 1 unspecified atom stereocenters. The zero-order chi connectivity index (χ0) is 14.0. The van der Waals surface area contributed by atoms with Gasteiger partial charge in [-0.3, -0.25) is 0 Å². The van der Waals surface area contributed by atoms with Crippen molar-refractivity contribution in [2.45, 2.75) is 13.0 Å². The predicted molar refractivity (Wildman–Crippen MR) is 91.7 cm³/mol. The molecule has 0 bridgehead atoms. The van der Waals surface area contributed by atoms with Gasteiger partial charge in [0.15, 0.2) is 0 Å². The Morgan fingerprint density at radius 3 is 2.37 bits per heavy atom. The Bertz CT molecular complexity index is 566. The van der Waals surface area contributed by atoms with Crippen LogP contribution in [-0.4, -0.2) is 6.54 Å². The first-order valence-electron chi connectivity index (χ1n) is 5.66. The molecule has 0 aliphatic carbocycles. The zero-order valence-electron chi connectivity index (χ0n) is 10.0. The molecule has 1 aromatic carbocycles. The summed E-state index contributed by atoms with van der Waals surface area (Å²) < 4.78 is 2.14. The van der Waals surface area contributed by atoms with Crippen molar-refractivity contribution < 1.29 is 0 Å². The summed E-state index contributed by atoms with van der Waals surface area (Å²) in [7, 11) is 0. The van der Waals surface area contributed by atoms with Gasteiger partial charge in [0.25, 0.3) is 0 Å². The quantitative estimate of drug-likeness (QED) is 0.586. The molecule has 0 aliphatic heterocycles. The highest BCUT2D eigenvalue weighted by Crippen LogP contribution is 2.41. The van der Waals surface area contributed by atoms with E-state index in [0.717, 1.165) is 25.2 Å². The summed E-state index contributed by atoms with van der Waals surface area (Å²) in [6.45, 7) is 2.89. The number of hydrogen-bond acceptors (Lipinski definition) is 2. The third-order valence-electron chi connectivity index (χ3n) is 2.69. The van der Waals surface area contributed by atoms with Crippen molar-refractivity contribution in [3.63, 3.8) is 0 Å². The molecule has 1 heterocycles. The summed E-state index contributed by atoms with van der Waals surface area (Å²) >= 11 is 21.4. The molecular weight excluding hydrogens is 433 g/mol. The van der Waals surface area contributed by atoms with Gasteiger partial charge in [-0.05, 0) is 62.2 Å². The van der Waals surface area contributed by atoms with E-state index in [-0.39, 0.29) is 6.04 Å². The van der Waals surface area contributed by atoms with Crippen molar-refractivity contribution in [3.05, 3.63) is 53.0 Å². The molecule has 1 atom stereocenters. The van der Waals surface area contributed by atoms with Gasteiger partial charge in [-0.15, -0.1) is 11.3 Å². The van der Waals surface area contributed by atoms with Gasteiger partial charge in [0, 0.05) is 15.6 Å². The van der Waals surface area contributed by atoms with Gasteiger partial charge in [-0.25, -0.2) is 0 Å². The summed E-state index contributed by atoms with van der Waals surface area (Å²) in [5.41, 5.74) is 2.05. The summed E-state index contributed by atoms with van der Waals surface area (Å²) in [6, 6.07) is 7.64. The van der Waals surface area contributed by atoms with Crippen molar-refractivity contribution in [1.82, 2.24) is 5.32 Å². The Morgan fingerprint density at radius 2 is 1.89 bits per heavy atom. The topological polar surface area (TPSA) is 12.0 Å². The maximum Gasteiger partial charge on any atom is 0.0761 e. The molecule has 1 aromatic heterocycles. The molecule has 2 aromatic rings. The zero-order valence-corrected chi connectivity index (χ0v) is 15.5. The Kier molecular flexibility index (Phi) is 5.76. The van der Waals surface area contributed by atoms with E-state index in [4.69, 9.17) is 23.2 Å². The molecule has 0 saturated heterocycles. The molecule has 1 N–H and O–H groups in total. The van der Waals surface area contributed by atoms with Crippen LogP contribution in [0.4, 0.5) is 0 Å². The average molecular weight is 444 g/mol. The van der Waals surface area contributed by atoms with Crippen molar-refractivity contribution in [2.75, 3.05) is 6.54 Å². The highest BCUT2D eigenvalue weighted by Gasteiger charge is 2.22. The molecule has 2 rings (SSSR count). The van der Waals surface area contributed by atoms with E-state index in [2.05, 4.69) is 50.2 Å². The minimum atomic E-state index is -0.0249. The second kappa shape index (κ2) is 6.92. The monoisotopic (exact) mass is 441 g/mol. The van der Waals surface area contributed by atoms with Gasteiger partial charge < -0.3 is 5.32 Å². The molecule has 6 heteroatoms. The Labute approximate surface area is 143 Å². The molecule has 0 saturated carbocycles. The van der Waals surface area contributed by atoms with E-state index in [1.165, 1.54) is 0 Å². The first-order chi connectivity index (χ1) is 9.04. The van der Waals surface area contributed by atoms with E-state index < -0.39 is 0 Å². The number of nitrogens with one attached hydrogen (secondary N) is 1. The van der Waals surface area contributed by atoms with Gasteiger partial charge in [-0.2, -0.15) is 0 Å². The van der Waals surface area contributed by atoms with Crippen LogP contribution >= 0.6 is 66.4 Å². The maximum absolute atomic E-state index is 6.32. The van der Waals surface area contributed by atoms with Gasteiger partial charge in [0.1, 0.15) is 0 Å². The normalized spacial score (nSPS) is 12.7. The molecule has 102 valence electrons. The van der Waals surface area contributed by atoms with Gasteiger partial charge >= 0.3 is 0 Å². The molecule has 19 heavy (non-hydrogen) atoms. The molecule has 0 amide bonds. The molecule has 0 spiro atoms. The van der Waals surface area contributed by atoms with Crippen molar-refractivity contribution in [1.29, 1.82) is 0 Å². The van der Waals surface area contributed by atoms with Gasteiger partial charge in [-0.1, -0.05) is 36.2 Å². The van der Waals surface area contributed by atoms with E-state index >= 15 is 0 Å². The molecule has 0 radical (unpaired) electrons. The number of thiophene rings is 1. The summed E-state index contributed by atoms with van der Waals surface area (Å²) in [4.78, 5) is 0. The second-order valence-electron chi connectivity index (χ2n) is 3.91. The minimum absolute atomic E-state index is 0.0249. The maximum atomic E-state index is 6.32. The summed E-state index contributed by atoms with van der Waals surface area (Å²) in [5, 5.41) is 4.79. The van der Waals surface area contributed by atoms with E-state index in [1.807, 2.05) is 18.2 Å². The van der Waals surface area contributed by atoms with Crippen molar-refractivity contribution in [3.8, 4) is 0 Å². The van der Waals surface area contributed by atoms with E-state index in [1.54, 1.807) is 11.3 Å². The van der Waals surface area contributed by atoms with Crippen molar-refractivity contribution in [2.24, 2.45) is 0 Å². The van der Waals surface area contributed by atoms with Gasteiger partial charge in [0.05, 0.1) is 13.6 Å². The Morgan fingerprint density at radius 1 is 1.26 bits per heavy atom. The van der Waals surface area contributed by atoms with Crippen LogP contribution < -0.4 is 5.32 Å². The lowest BCUT2D eigenvalue weighted by Crippen LogP contribution is -2.22. The standard InChI is InChI=1S/C13H11Br2Cl2NS/c1-2-18-12(7-6-10(14)19-13(7)15)11-8(16)4-3-5-9(11)17/h3-6,12,18H,2H2,1H3. The number of halogens is 4. The van der Waals surface area contributed by atoms with E-state index in [9.17, 15) is 0 Å². The smallest absolute Gasteiger partial charge is 0.0761 e. The van der Waals surface area contributed by atoms with Crippen LogP contribution in [0, 0.1) is 0 Å². The van der Waals surface area contributed by atoms with Crippen LogP contribution in [0.2, 0.25) is 10.0 Å². The summed E-state index contributed by atoms with van der Waals surface area (Å²) in [5.74, 6) is 0. The first-order valence-corrected chi connectivity index (χ1v) is 8.82. The lowest BCUT2D eigenvalue weighted by Gasteiger charge is -2.20. The highest BCUT2D eigenvalue weighted by molar-refractivity contribution is 9.12. The summed E-state index contributed by atoms with van der Waals surface area (Å²) in [6.07, 6.45) is 0. The Hall–Kier alpha value is 0.420. The number of benzene rings is 1. The Balaban J connectivity index is 2.54. The average Bonchev–Trinajstić information content (AvgIpc) is 2.67. The number of rotatable bonds is 4. The lowest BCUT2D eigenvalue weighted by atomic mass is 10.0. The highest BCUT2D eigenvalue weighted by atomic mass is 79.9. The lowest BCUT2D eigenvalue weighted by molar-refractivity contribution is 0.631. The van der Waals surface area contributed by atoms with Crippen molar-refractivity contribution >= 4 is 66.4 Å². The fourth-order valence-corrected chi connectivity index (χ4v) is 5.43. The van der Waals surface area contributed by atoms with Crippen LogP contribution in [0.25, 0.3) is 0 Å². The SMILES string of the molecule is CCNC(c1cc(Br)sc1Br)c1c(Cl)cccc1Cl. The fraction of sp³-hybridized carbons (Fsp3) is 0.231. The largest absolute Gasteiger partial charge is 0.306 e. The minimum Gasteiger partial charge on any atom is -0.306 e. The van der Waals surface area contributed by atoms with Crippen LogP contribution in [0.15, 0.2) is 31.8 Å².